The summed E-state index contributed by atoms with van der Waals surface area (Å²) in [6.07, 6.45) is 4.68. The summed E-state index contributed by atoms with van der Waals surface area (Å²) in [4.78, 5) is 28.9. The molecule has 2 aliphatic rings. The van der Waals surface area contributed by atoms with Crippen LogP contribution < -0.4 is 10.5 Å². The number of likely N-dealkylation sites (N-methyl/N-ethyl adjacent to an activating group) is 1. The first-order chi connectivity index (χ1) is 22.7. The summed E-state index contributed by atoms with van der Waals surface area (Å²) in [5, 5.41) is 15.3. The summed E-state index contributed by atoms with van der Waals surface area (Å²) in [5.74, 6) is 0.291. The Morgan fingerprint density at radius 3 is 2.57 bits per heavy atom. The summed E-state index contributed by atoms with van der Waals surface area (Å²) in [5.41, 5.74) is 6.96. The van der Waals surface area contributed by atoms with Crippen LogP contribution in [0.3, 0.4) is 0 Å². The van der Waals surface area contributed by atoms with Gasteiger partial charge in [-0.2, -0.15) is 10.4 Å². The second kappa shape index (κ2) is 13.5. The smallest absolute Gasteiger partial charge is 0.264 e. The van der Waals surface area contributed by atoms with Crippen molar-refractivity contribution >= 4 is 22.8 Å². The van der Waals surface area contributed by atoms with Crippen LogP contribution in [-0.2, 0) is 11.3 Å². The van der Waals surface area contributed by atoms with E-state index in [1.54, 1.807) is 33.8 Å². The summed E-state index contributed by atoms with van der Waals surface area (Å²) >= 11 is 0. The van der Waals surface area contributed by atoms with E-state index in [-0.39, 0.29) is 28.9 Å². The Morgan fingerprint density at radius 1 is 1.11 bits per heavy atom. The molecule has 47 heavy (non-hydrogen) atoms. The number of nitrogens with two attached hydrogens (primary N) is 1. The van der Waals surface area contributed by atoms with Gasteiger partial charge in [-0.05, 0) is 63.6 Å². The number of nitrogens with zero attached hydrogens (tertiary/aromatic N) is 8. The van der Waals surface area contributed by atoms with Crippen molar-refractivity contribution in [1.29, 1.82) is 5.26 Å². The second-order valence-corrected chi connectivity index (χ2v) is 12.6. The van der Waals surface area contributed by atoms with Crippen molar-refractivity contribution in [2.45, 2.75) is 51.7 Å². The molecule has 2 aromatic heterocycles. The largest absolute Gasteiger partial charge is 0.457 e. The number of ether oxygens (including phenoxy) is 1. The van der Waals surface area contributed by atoms with Crippen LogP contribution in [0.5, 0.6) is 11.5 Å². The number of fused-ring (bicyclic) bond motifs is 1. The quantitative estimate of drug-likeness (QED) is 0.202. The SMILES string of the molecule is CCN1CCN(C(C)(C)/C=C(\C#N)C(=O)N2CCCC2Cn2nc(-c3ccc(Oc4ccccc4)cc3F)c3c(N)ncnc32)CC1. The maximum absolute atomic E-state index is 15.6. The van der Waals surface area contributed by atoms with Gasteiger partial charge in [0.2, 0.25) is 0 Å². The van der Waals surface area contributed by atoms with Crippen LogP contribution in [0.25, 0.3) is 22.3 Å². The Hall–Kier alpha value is -4.86. The number of piperazine rings is 1. The molecule has 2 fully saturated rings. The number of likely N-dealkylation sites (tertiary alicyclic amines) is 1. The fourth-order valence-corrected chi connectivity index (χ4v) is 6.60. The van der Waals surface area contributed by atoms with Gasteiger partial charge >= 0.3 is 0 Å². The molecule has 1 amide bonds. The third kappa shape index (κ3) is 6.68. The molecule has 1 atom stereocenters. The number of carbonyl (C=O) groups excluding carboxylic acids is 1. The van der Waals surface area contributed by atoms with E-state index in [9.17, 15) is 10.1 Å². The van der Waals surface area contributed by atoms with E-state index in [0.29, 0.717) is 41.3 Å². The molecule has 2 N–H and O–H groups in total. The second-order valence-electron chi connectivity index (χ2n) is 12.6. The molecule has 6 rings (SSSR count). The molecule has 0 radical (unpaired) electrons. The molecule has 2 aliphatic heterocycles. The van der Waals surface area contributed by atoms with Gasteiger partial charge in [0.15, 0.2) is 5.65 Å². The summed E-state index contributed by atoms with van der Waals surface area (Å²) in [7, 11) is 0. The van der Waals surface area contributed by atoms with Crippen molar-refractivity contribution in [2.75, 3.05) is 45.0 Å². The van der Waals surface area contributed by atoms with E-state index in [4.69, 9.17) is 15.6 Å². The van der Waals surface area contributed by atoms with Gasteiger partial charge in [0.1, 0.15) is 46.8 Å². The van der Waals surface area contributed by atoms with Gasteiger partial charge in [-0.3, -0.25) is 9.69 Å². The molecule has 244 valence electrons. The van der Waals surface area contributed by atoms with Crippen LogP contribution in [0, 0.1) is 17.1 Å². The highest BCUT2D eigenvalue weighted by Crippen LogP contribution is 2.35. The van der Waals surface area contributed by atoms with Crippen LogP contribution in [0.1, 0.15) is 33.6 Å². The number of amides is 1. The number of anilines is 1. The third-order valence-corrected chi connectivity index (χ3v) is 9.24. The van der Waals surface area contributed by atoms with Crippen LogP contribution in [-0.4, -0.2) is 91.2 Å². The first-order valence-corrected chi connectivity index (χ1v) is 16.1. The first kappa shape index (κ1) is 32.1. The highest BCUT2D eigenvalue weighted by molar-refractivity contribution is 5.99. The van der Waals surface area contributed by atoms with Gasteiger partial charge in [-0.1, -0.05) is 25.1 Å². The van der Waals surface area contributed by atoms with Gasteiger partial charge in [-0.15, -0.1) is 0 Å². The van der Waals surface area contributed by atoms with E-state index < -0.39 is 11.4 Å². The minimum Gasteiger partial charge on any atom is -0.457 e. The van der Waals surface area contributed by atoms with Gasteiger partial charge in [0.25, 0.3) is 5.91 Å². The van der Waals surface area contributed by atoms with Gasteiger partial charge < -0.3 is 20.3 Å². The zero-order chi connectivity index (χ0) is 33.1. The molecular formula is C35H40FN9O2. The van der Waals surface area contributed by atoms with E-state index >= 15 is 4.39 Å². The maximum Gasteiger partial charge on any atom is 0.264 e. The monoisotopic (exact) mass is 637 g/mol. The van der Waals surface area contributed by atoms with E-state index in [0.717, 1.165) is 45.6 Å². The van der Waals surface area contributed by atoms with Crippen molar-refractivity contribution in [3.05, 3.63) is 72.3 Å². The Kier molecular flexibility index (Phi) is 9.20. The van der Waals surface area contributed by atoms with Crippen LogP contribution in [0.15, 0.2) is 66.5 Å². The number of rotatable bonds is 9. The van der Waals surface area contributed by atoms with Crippen molar-refractivity contribution in [3.8, 4) is 28.8 Å². The number of aromatic nitrogens is 4. The summed E-state index contributed by atoms with van der Waals surface area (Å²) in [6.45, 7) is 11.8. The molecule has 2 saturated heterocycles. The topological polar surface area (TPSA) is 129 Å². The highest BCUT2D eigenvalue weighted by Gasteiger charge is 2.35. The van der Waals surface area contributed by atoms with E-state index in [1.807, 2.05) is 24.3 Å². The first-order valence-electron chi connectivity index (χ1n) is 16.1. The third-order valence-electron chi connectivity index (χ3n) is 9.24. The molecule has 0 saturated carbocycles. The van der Waals surface area contributed by atoms with Crippen LogP contribution in [0.2, 0.25) is 0 Å². The maximum atomic E-state index is 15.6. The lowest BCUT2D eigenvalue weighted by Crippen LogP contribution is -2.54. The lowest BCUT2D eigenvalue weighted by molar-refractivity contribution is -0.127. The normalized spacial score (nSPS) is 18.1. The van der Waals surface area contributed by atoms with Gasteiger partial charge in [-0.25, -0.2) is 19.0 Å². The number of nitrogen functional groups attached to an aromatic ring is 1. The molecular weight excluding hydrogens is 597 g/mol. The zero-order valence-electron chi connectivity index (χ0n) is 27.1. The number of carbonyl (C=O) groups is 1. The number of benzene rings is 2. The molecule has 4 aromatic rings. The molecule has 12 heteroatoms. The standard InChI is InChI=1S/C35H40FN9O2/c1-4-42-15-17-43(18-16-42)35(2,3)20-24(21-37)34(46)44-14-8-9-25(44)22-45-33-30(32(38)39-23-40-33)31(41-45)28-13-12-27(19-29(28)36)47-26-10-6-5-7-11-26/h5-7,10-13,19-20,23,25H,4,8-9,14-18,22H2,1-3H3,(H2,38,39,40)/b24-20+. The molecule has 2 aromatic carbocycles. The minimum absolute atomic E-state index is 0.136. The molecule has 4 heterocycles. The Morgan fingerprint density at radius 2 is 1.87 bits per heavy atom. The number of para-hydroxylation sites is 1. The van der Waals surface area contributed by atoms with Crippen molar-refractivity contribution in [3.63, 3.8) is 0 Å². The summed E-state index contributed by atoms with van der Waals surface area (Å²) < 4.78 is 23.1. The lowest BCUT2D eigenvalue weighted by atomic mass is 9.97. The lowest BCUT2D eigenvalue weighted by Gasteiger charge is -2.42. The van der Waals surface area contributed by atoms with Crippen molar-refractivity contribution in [2.24, 2.45) is 0 Å². The van der Waals surface area contributed by atoms with Crippen LogP contribution >= 0.6 is 0 Å². The summed E-state index contributed by atoms with van der Waals surface area (Å²) in [6, 6.07) is 15.7. The van der Waals surface area contributed by atoms with Gasteiger partial charge in [0, 0.05) is 49.9 Å². The van der Waals surface area contributed by atoms with Crippen LogP contribution in [0.4, 0.5) is 10.2 Å². The van der Waals surface area contributed by atoms with E-state index in [2.05, 4.69) is 46.6 Å². The highest BCUT2D eigenvalue weighted by atomic mass is 19.1. The number of hydrogen-bond donors (Lipinski definition) is 1. The number of nitriles is 1. The van der Waals surface area contributed by atoms with E-state index in [1.165, 1.54) is 12.4 Å². The van der Waals surface area contributed by atoms with Crippen molar-refractivity contribution in [1.82, 2.24) is 34.4 Å². The minimum atomic E-state index is -0.534. The molecule has 11 nitrogen and oxygen atoms in total. The Balaban J connectivity index is 1.25. The fourth-order valence-electron chi connectivity index (χ4n) is 6.60. The van der Waals surface area contributed by atoms with Crippen molar-refractivity contribution < 1.29 is 13.9 Å². The Labute approximate surface area is 274 Å². The molecule has 0 spiro atoms. The molecule has 0 aliphatic carbocycles. The average molecular weight is 638 g/mol. The van der Waals surface area contributed by atoms with Gasteiger partial charge in [0.05, 0.1) is 18.0 Å². The predicted molar refractivity (Wildman–Crippen MR) is 178 cm³/mol. The predicted octanol–water partition coefficient (Wildman–Crippen LogP) is 4.86. The fraction of sp³-hybridized carbons (Fsp3) is 0.400. The zero-order valence-corrected chi connectivity index (χ0v) is 27.1. The molecule has 1 unspecified atom stereocenters. The molecule has 0 bridgehead atoms. The average Bonchev–Trinajstić information content (AvgIpc) is 3.69. The number of halogens is 1. The number of hydrogen-bond acceptors (Lipinski definition) is 9. The Bertz CT molecular complexity index is 1820.